The molecule has 0 aliphatic carbocycles. The maximum atomic E-state index is 11.2. The molecule has 0 N–H and O–H groups in total. The molecule has 0 atom stereocenters. The second kappa shape index (κ2) is 11.0. The quantitative estimate of drug-likeness (QED) is 0.214. The molecule has 2 heterocycles. The van der Waals surface area contributed by atoms with Crippen molar-refractivity contribution in [2.75, 3.05) is 17.2 Å². The number of anilines is 1. The molecular weight excluding hydrogens is 568 g/mol. The number of nitrogens with zero attached hydrogens (tertiary/aromatic N) is 2. The van der Waals surface area contributed by atoms with Gasteiger partial charge in [0.2, 0.25) is 11.2 Å². The van der Waals surface area contributed by atoms with Crippen molar-refractivity contribution in [1.29, 1.82) is 0 Å². The standard InChI is InChI=1S/C26H26BrClN2O3S2/c1-3-18(15-26-29(4-2)24-17-20(27)7-11-25(24)34-26)14-22-9-6-19-16-21(28)8-10-23(19)30(22)12-5-13-35(31,32)33/h6-11,14-17H,3-5,12-13H2,1-2H3. The van der Waals surface area contributed by atoms with Crippen molar-refractivity contribution in [3.05, 3.63) is 80.4 Å². The van der Waals surface area contributed by atoms with E-state index in [0.29, 0.717) is 11.6 Å². The summed E-state index contributed by atoms with van der Waals surface area (Å²) in [4.78, 5) is 3.54. The molecule has 2 aromatic carbocycles. The first-order valence-corrected chi connectivity index (χ1v) is 15.0. The first-order valence-electron chi connectivity index (χ1n) is 11.4. The van der Waals surface area contributed by atoms with Crippen LogP contribution < -0.4 is 9.47 Å². The summed E-state index contributed by atoms with van der Waals surface area (Å²) in [6, 6.07) is 16.0. The highest BCUT2D eigenvalue weighted by atomic mass is 79.9. The van der Waals surface area contributed by atoms with E-state index >= 15 is 0 Å². The van der Waals surface area contributed by atoms with Crippen molar-refractivity contribution in [3.8, 4) is 0 Å². The topological polar surface area (TPSA) is 64.3 Å². The van der Waals surface area contributed by atoms with E-state index in [1.807, 2.05) is 30.3 Å². The van der Waals surface area contributed by atoms with Crippen LogP contribution in [0.2, 0.25) is 5.02 Å². The third kappa shape index (κ3) is 6.30. The predicted octanol–water partition coefficient (Wildman–Crippen LogP) is 6.75. The van der Waals surface area contributed by atoms with Crippen molar-refractivity contribution < 1.29 is 17.5 Å². The molecule has 1 aliphatic rings. The highest BCUT2D eigenvalue weighted by molar-refractivity contribution is 9.10. The molecule has 3 aromatic rings. The van der Waals surface area contributed by atoms with Crippen LogP contribution in [0.15, 0.2) is 74.6 Å². The van der Waals surface area contributed by atoms with Crippen LogP contribution in [0.25, 0.3) is 17.0 Å². The van der Waals surface area contributed by atoms with Crippen LogP contribution in [0.4, 0.5) is 5.69 Å². The summed E-state index contributed by atoms with van der Waals surface area (Å²) in [5.41, 5.74) is 4.24. The Kier molecular flexibility index (Phi) is 8.28. The summed E-state index contributed by atoms with van der Waals surface area (Å²) in [5, 5.41) is 2.77. The molecule has 0 saturated carbocycles. The van der Waals surface area contributed by atoms with E-state index in [2.05, 4.69) is 69.6 Å². The Morgan fingerprint density at radius 3 is 2.69 bits per heavy atom. The minimum absolute atomic E-state index is 0.241. The molecule has 1 aromatic heterocycles. The van der Waals surface area contributed by atoms with Gasteiger partial charge in [-0.05, 0) is 61.4 Å². The summed E-state index contributed by atoms with van der Waals surface area (Å²) >= 11 is 11.5. The molecule has 0 spiro atoms. The number of thioether (sulfide) groups is 1. The van der Waals surface area contributed by atoms with Gasteiger partial charge in [0.25, 0.3) is 0 Å². The van der Waals surface area contributed by atoms with E-state index in [0.717, 1.165) is 39.6 Å². The minimum atomic E-state index is -4.27. The van der Waals surface area contributed by atoms with Crippen LogP contribution in [0.3, 0.4) is 0 Å². The zero-order valence-electron chi connectivity index (χ0n) is 19.5. The van der Waals surface area contributed by atoms with Crippen LogP contribution in [0.1, 0.15) is 32.4 Å². The SMILES string of the molecule is CCC(=C/c1ccc2cc(Cl)ccc2[n+]1CCCS(=O)(=O)[O-])/C=C1/Sc2ccc(Br)cc2N1CC. The number of benzene rings is 2. The molecule has 35 heavy (non-hydrogen) atoms. The van der Waals surface area contributed by atoms with Crippen molar-refractivity contribution >= 4 is 72.1 Å². The van der Waals surface area contributed by atoms with Crippen LogP contribution in [-0.2, 0) is 16.7 Å². The van der Waals surface area contributed by atoms with Crippen molar-refractivity contribution in [1.82, 2.24) is 0 Å². The lowest BCUT2D eigenvalue weighted by molar-refractivity contribution is -0.673. The second-order valence-corrected chi connectivity index (χ2v) is 12.2. The molecule has 1 aliphatic heterocycles. The number of fused-ring (bicyclic) bond motifs is 2. The van der Waals surface area contributed by atoms with E-state index in [-0.39, 0.29) is 6.42 Å². The van der Waals surface area contributed by atoms with E-state index in [1.54, 1.807) is 11.8 Å². The molecule has 0 unspecified atom stereocenters. The van der Waals surface area contributed by atoms with Gasteiger partial charge in [0.1, 0.15) is 0 Å². The van der Waals surface area contributed by atoms with E-state index in [4.69, 9.17) is 11.6 Å². The van der Waals surface area contributed by atoms with Gasteiger partial charge >= 0.3 is 0 Å². The molecule has 184 valence electrons. The highest BCUT2D eigenvalue weighted by Crippen LogP contribution is 2.47. The van der Waals surface area contributed by atoms with Crippen LogP contribution in [-0.4, -0.2) is 25.3 Å². The average Bonchev–Trinajstić information content (AvgIpc) is 3.14. The molecular formula is C26H26BrClN2O3S2. The van der Waals surface area contributed by atoms with Crippen molar-refractivity contribution in [2.24, 2.45) is 0 Å². The number of halogens is 2. The molecule has 0 saturated heterocycles. The Morgan fingerprint density at radius 1 is 1.17 bits per heavy atom. The summed E-state index contributed by atoms with van der Waals surface area (Å²) in [6.45, 7) is 5.54. The van der Waals surface area contributed by atoms with Crippen LogP contribution in [0, 0.1) is 0 Å². The number of rotatable bonds is 8. The largest absolute Gasteiger partial charge is 0.748 e. The molecule has 0 amide bonds. The number of hydrogen-bond donors (Lipinski definition) is 0. The fourth-order valence-electron chi connectivity index (χ4n) is 4.19. The molecule has 5 nitrogen and oxygen atoms in total. The third-order valence-electron chi connectivity index (χ3n) is 5.86. The lowest BCUT2D eigenvalue weighted by Gasteiger charge is -2.18. The molecule has 9 heteroatoms. The number of allylic oxidation sites excluding steroid dienone is 2. The van der Waals surface area contributed by atoms with E-state index < -0.39 is 15.9 Å². The van der Waals surface area contributed by atoms with Crippen LogP contribution >= 0.6 is 39.3 Å². The normalized spacial score (nSPS) is 15.3. The first-order chi connectivity index (χ1) is 16.7. The van der Waals surface area contributed by atoms with Gasteiger partial charge in [0, 0.05) is 56.7 Å². The van der Waals surface area contributed by atoms with Gasteiger partial charge in [0.15, 0.2) is 6.54 Å². The van der Waals surface area contributed by atoms with Gasteiger partial charge in [-0.3, -0.25) is 0 Å². The Labute approximate surface area is 224 Å². The summed E-state index contributed by atoms with van der Waals surface area (Å²) in [7, 11) is -4.27. The maximum absolute atomic E-state index is 11.2. The third-order valence-corrected chi connectivity index (χ3v) is 8.49. The van der Waals surface area contributed by atoms with E-state index in [1.165, 1.54) is 15.6 Å². The Morgan fingerprint density at radius 2 is 1.97 bits per heavy atom. The Balaban J connectivity index is 1.74. The lowest BCUT2D eigenvalue weighted by atomic mass is 10.1. The highest BCUT2D eigenvalue weighted by Gasteiger charge is 2.24. The first kappa shape index (κ1) is 26.2. The Bertz CT molecular complexity index is 1440. The summed E-state index contributed by atoms with van der Waals surface area (Å²) in [6.07, 6.45) is 5.43. The minimum Gasteiger partial charge on any atom is -0.748 e. The second-order valence-electron chi connectivity index (χ2n) is 8.24. The monoisotopic (exact) mass is 592 g/mol. The zero-order chi connectivity index (χ0) is 25.2. The van der Waals surface area contributed by atoms with E-state index in [9.17, 15) is 13.0 Å². The summed E-state index contributed by atoms with van der Waals surface area (Å²) in [5.74, 6) is -0.395. The lowest BCUT2D eigenvalue weighted by Crippen LogP contribution is -2.38. The smallest absolute Gasteiger partial charge is 0.213 e. The number of aryl methyl sites for hydroxylation is 1. The van der Waals surface area contributed by atoms with Crippen molar-refractivity contribution in [3.63, 3.8) is 0 Å². The molecule has 0 radical (unpaired) electrons. The number of pyridine rings is 1. The van der Waals surface area contributed by atoms with Gasteiger partial charge in [-0.2, -0.15) is 4.57 Å². The number of aromatic nitrogens is 1. The molecule has 0 fully saturated rings. The fourth-order valence-corrected chi connectivity index (χ4v) is 6.38. The van der Waals surface area contributed by atoms with Gasteiger partial charge in [0.05, 0.1) is 20.8 Å². The van der Waals surface area contributed by atoms with Gasteiger partial charge in [-0.25, -0.2) is 8.42 Å². The molecule has 4 rings (SSSR count). The Hall–Kier alpha value is -1.84. The van der Waals surface area contributed by atoms with Gasteiger partial charge < -0.3 is 9.45 Å². The fraction of sp³-hybridized carbons (Fsp3) is 0.269. The zero-order valence-corrected chi connectivity index (χ0v) is 23.5. The predicted molar refractivity (Wildman–Crippen MR) is 148 cm³/mol. The van der Waals surface area contributed by atoms with Gasteiger partial charge in [-0.1, -0.05) is 46.2 Å². The average molecular weight is 594 g/mol. The van der Waals surface area contributed by atoms with Crippen LogP contribution in [0.5, 0.6) is 0 Å². The maximum Gasteiger partial charge on any atom is 0.213 e. The van der Waals surface area contributed by atoms with Gasteiger partial charge in [-0.15, -0.1) is 0 Å². The van der Waals surface area contributed by atoms with Crippen molar-refractivity contribution in [2.45, 2.75) is 38.1 Å². The molecule has 0 bridgehead atoms. The summed E-state index contributed by atoms with van der Waals surface area (Å²) < 4.78 is 36.7. The number of hydrogen-bond acceptors (Lipinski definition) is 5.